The van der Waals surface area contributed by atoms with Gasteiger partial charge in [0.25, 0.3) is 0 Å². The van der Waals surface area contributed by atoms with E-state index in [0.717, 1.165) is 41.1 Å². The van der Waals surface area contributed by atoms with E-state index < -0.39 is 0 Å². The van der Waals surface area contributed by atoms with E-state index in [1.54, 1.807) is 11.3 Å². The second-order valence-electron chi connectivity index (χ2n) is 5.28. The van der Waals surface area contributed by atoms with E-state index in [9.17, 15) is 10.1 Å². The van der Waals surface area contributed by atoms with Crippen molar-refractivity contribution in [3.8, 4) is 11.1 Å². The first-order valence-corrected chi connectivity index (χ1v) is 7.68. The Morgan fingerprint density at radius 3 is 2.75 bits per heavy atom. The Labute approximate surface area is 122 Å². The molecule has 102 valence electrons. The number of hydrogen-bond acceptors (Lipinski definition) is 3. The van der Waals surface area contributed by atoms with Crippen LogP contribution in [0, 0.1) is 25.2 Å². The number of thiophene rings is 1. The third kappa shape index (κ3) is 1.82. The van der Waals surface area contributed by atoms with E-state index in [0.29, 0.717) is 5.56 Å². The molecule has 4 heteroatoms. The van der Waals surface area contributed by atoms with Crippen molar-refractivity contribution in [2.24, 2.45) is 0 Å². The summed E-state index contributed by atoms with van der Waals surface area (Å²) in [5.74, 6) is 0. The second kappa shape index (κ2) is 4.92. The molecule has 2 heterocycles. The molecule has 0 unspecified atom stereocenters. The monoisotopic (exact) mass is 284 g/mol. The number of aldehydes is 1. The van der Waals surface area contributed by atoms with E-state index in [2.05, 4.69) is 10.6 Å². The lowest BCUT2D eigenvalue weighted by Crippen LogP contribution is -2.02. The molecule has 0 saturated carbocycles. The topological polar surface area (TPSA) is 45.8 Å². The zero-order valence-electron chi connectivity index (χ0n) is 11.7. The summed E-state index contributed by atoms with van der Waals surface area (Å²) in [5.41, 5.74) is 4.69. The first kappa shape index (κ1) is 13.1. The van der Waals surface area contributed by atoms with Gasteiger partial charge in [-0.1, -0.05) is 0 Å². The molecule has 0 radical (unpaired) electrons. The maximum Gasteiger partial charge on any atom is 0.151 e. The van der Waals surface area contributed by atoms with Gasteiger partial charge in [-0.15, -0.1) is 11.3 Å². The van der Waals surface area contributed by atoms with E-state index in [1.165, 1.54) is 23.3 Å². The van der Waals surface area contributed by atoms with Crippen LogP contribution in [0.5, 0.6) is 0 Å². The molecule has 0 spiro atoms. The highest BCUT2D eigenvalue weighted by Crippen LogP contribution is 2.38. The van der Waals surface area contributed by atoms with Crippen molar-refractivity contribution in [1.82, 2.24) is 4.57 Å². The molecule has 3 rings (SSSR count). The lowest BCUT2D eigenvalue weighted by atomic mass is 9.96. The SMILES string of the molecule is Cc1cc(C=O)c(C)n1-c1sc2c(c1C#N)CCCC2. The zero-order chi connectivity index (χ0) is 14.3. The van der Waals surface area contributed by atoms with E-state index in [-0.39, 0.29) is 0 Å². The molecule has 0 aromatic carbocycles. The summed E-state index contributed by atoms with van der Waals surface area (Å²) in [5, 5.41) is 10.5. The molecule has 2 aromatic heterocycles. The molecule has 0 atom stereocenters. The number of nitriles is 1. The van der Waals surface area contributed by atoms with Crippen LogP contribution in [-0.2, 0) is 12.8 Å². The van der Waals surface area contributed by atoms with Crippen molar-refractivity contribution < 1.29 is 4.79 Å². The molecule has 0 saturated heterocycles. The lowest BCUT2D eigenvalue weighted by molar-refractivity contribution is 0.112. The minimum Gasteiger partial charge on any atom is -0.308 e. The number of carbonyl (C=O) groups is 1. The normalized spacial score (nSPS) is 13.8. The lowest BCUT2D eigenvalue weighted by Gasteiger charge is -2.10. The van der Waals surface area contributed by atoms with Gasteiger partial charge < -0.3 is 4.57 Å². The fraction of sp³-hybridized carbons (Fsp3) is 0.375. The Hall–Kier alpha value is -1.86. The highest BCUT2D eigenvalue weighted by Gasteiger charge is 2.23. The molecule has 0 amide bonds. The molecule has 0 fully saturated rings. The summed E-state index contributed by atoms with van der Waals surface area (Å²) >= 11 is 1.72. The van der Waals surface area contributed by atoms with Gasteiger partial charge in [0.05, 0.1) is 5.56 Å². The van der Waals surface area contributed by atoms with Gasteiger partial charge in [0.15, 0.2) is 6.29 Å². The average Bonchev–Trinajstić information content (AvgIpc) is 2.95. The van der Waals surface area contributed by atoms with Crippen LogP contribution in [0.2, 0.25) is 0 Å². The van der Waals surface area contributed by atoms with Crippen molar-refractivity contribution in [3.05, 3.63) is 39.0 Å². The smallest absolute Gasteiger partial charge is 0.151 e. The summed E-state index contributed by atoms with van der Waals surface area (Å²) in [6.07, 6.45) is 5.35. The van der Waals surface area contributed by atoms with Gasteiger partial charge in [-0.05, 0) is 51.2 Å². The maximum atomic E-state index is 11.1. The van der Waals surface area contributed by atoms with Gasteiger partial charge in [-0.25, -0.2) is 0 Å². The quantitative estimate of drug-likeness (QED) is 0.789. The number of fused-ring (bicyclic) bond motifs is 1. The molecule has 3 nitrogen and oxygen atoms in total. The fourth-order valence-electron chi connectivity index (χ4n) is 3.04. The molecule has 2 aromatic rings. The van der Waals surface area contributed by atoms with Crippen molar-refractivity contribution in [3.63, 3.8) is 0 Å². The number of hydrogen-bond donors (Lipinski definition) is 0. The molecular weight excluding hydrogens is 268 g/mol. The van der Waals surface area contributed by atoms with Crippen LogP contribution >= 0.6 is 11.3 Å². The van der Waals surface area contributed by atoms with Crippen LogP contribution in [0.4, 0.5) is 0 Å². The van der Waals surface area contributed by atoms with Gasteiger partial charge in [-0.2, -0.15) is 5.26 Å². The molecular formula is C16H16N2OS. The van der Waals surface area contributed by atoms with Crippen LogP contribution in [-0.4, -0.2) is 10.9 Å². The minimum atomic E-state index is 0.706. The van der Waals surface area contributed by atoms with Crippen LogP contribution < -0.4 is 0 Å². The van der Waals surface area contributed by atoms with Crippen LogP contribution in [0.1, 0.15) is 50.6 Å². The minimum absolute atomic E-state index is 0.706. The molecule has 1 aliphatic carbocycles. The largest absolute Gasteiger partial charge is 0.308 e. The van der Waals surface area contributed by atoms with E-state index >= 15 is 0 Å². The Morgan fingerprint density at radius 1 is 1.35 bits per heavy atom. The second-order valence-corrected chi connectivity index (χ2v) is 6.37. The predicted octanol–water partition coefficient (Wildman–Crippen LogP) is 3.72. The summed E-state index contributed by atoms with van der Waals surface area (Å²) in [7, 11) is 0. The van der Waals surface area contributed by atoms with Gasteiger partial charge in [0.2, 0.25) is 0 Å². The first-order chi connectivity index (χ1) is 9.67. The summed E-state index contributed by atoms with van der Waals surface area (Å²) in [6.45, 7) is 3.93. The molecule has 0 bridgehead atoms. The van der Waals surface area contributed by atoms with Gasteiger partial charge in [0.1, 0.15) is 11.1 Å². The van der Waals surface area contributed by atoms with Crippen molar-refractivity contribution in [1.29, 1.82) is 5.26 Å². The molecule has 0 aliphatic heterocycles. The van der Waals surface area contributed by atoms with Gasteiger partial charge >= 0.3 is 0 Å². The van der Waals surface area contributed by atoms with Crippen molar-refractivity contribution >= 4 is 17.6 Å². The Balaban J connectivity index is 2.26. The zero-order valence-corrected chi connectivity index (χ0v) is 12.5. The summed E-state index contributed by atoms with van der Waals surface area (Å²) in [6, 6.07) is 4.28. The number of rotatable bonds is 2. The third-order valence-electron chi connectivity index (χ3n) is 4.06. The number of aryl methyl sites for hydroxylation is 2. The number of carbonyl (C=O) groups excluding carboxylic acids is 1. The van der Waals surface area contributed by atoms with Gasteiger partial charge in [-0.3, -0.25) is 4.79 Å². The molecule has 0 N–H and O–H groups in total. The summed E-state index contributed by atoms with van der Waals surface area (Å²) < 4.78 is 2.06. The fourth-order valence-corrected chi connectivity index (χ4v) is 4.49. The Bertz CT molecular complexity index is 731. The summed E-state index contributed by atoms with van der Waals surface area (Å²) in [4.78, 5) is 12.4. The van der Waals surface area contributed by atoms with Crippen LogP contribution in [0.3, 0.4) is 0 Å². The predicted molar refractivity (Wildman–Crippen MR) is 79.9 cm³/mol. The van der Waals surface area contributed by atoms with Crippen molar-refractivity contribution in [2.75, 3.05) is 0 Å². The first-order valence-electron chi connectivity index (χ1n) is 6.86. The van der Waals surface area contributed by atoms with E-state index in [4.69, 9.17) is 0 Å². The van der Waals surface area contributed by atoms with Crippen LogP contribution in [0.25, 0.3) is 5.00 Å². The molecule has 20 heavy (non-hydrogen) atoms. The van der Waals surface area contributed by atoms with E-state index in [1.807, 2.05) is 19.9 Å². The Morgan fingerprint density at radius 2 is 2.10 bits per heavy atom. The van der Waals surface area contributed by atoms with Crippen LogP contribution in [0.15, 0.2) is 6.07 Å². The van der Waals surface area contributed by atoms with Crippen molar-refractivity contribution in [2.45, 2.75) is 39.5 Å². The average molecular weight is 284 g/mol. The number of nitrogens with zero attached hydrogens (tertiary/aromatic N) is 2. The third-order valence-corrected chi connectivity index (χ3v) is 5.34. The molecule has 1 aliphatic rings. The Kier molecular flexibility index (Phi) is 3.23. The van der Waals surface area contributed by atoms with Gasteiger partial charge in [0, 0.05) is 21.8 Å². The number of aromatic nitrogens is 1. The highest BCUT2D eigenvalue weighted by atomic mass is 32.1. The maximum absolute atomic E-state index is 11.1. The standard InChI is InChI=1S/C16H16N2OS/c1-10-7-12(9-19)11(2)18(10)16-14(8-17)13-5-3-4-6-15(13)20-16/h7,9H,3-6H2,1-2H3. The highest BCUT2D eigenvalue weighted by molar-refractivity contribution is 7.15.